The van der Waals surface area contributed by atoms with Gasteiger partial charge in [-0.25, -0.2) is 8.42 Å². The second kappa shape index (κ2) is 7.59. The van der Waals surface area contributed by atoms with Crippen LogP contribution in [0.5, 0.6) is 0 Å². The zero-order chi connectivity index (χ0) is 13.6. The molecule has 7 heteroatoms. The van der Waals surface area contributed by atoms with E-state index >= 15 is 0 Å². The Bertz CT molecular complexity index is 459. The summed E-state index contributed by atoms with van der Waals surface area (Å²) in [6, 6.07) is 1.95. The highest BCUT2D eigenvalue weighted by Crippen LogP contribution is 2.21. The largest absolute Gasteiger partial charge is 0.317 e. The van der Waals surface area contributed by atoms with Crippen LogP contribution in [0.1, 0.15) is 18.2 Å². The van der Waals surface area contributed by atoms with Gasteiger partial charge in [0.2, 0.25) is 10.0 Å². The number of nitrogens with one attached hydrogen (secondary N) is 1. The van der Waals surface area contributed by atoms with Crippen LogP contribution in [0.4, 0.5) is 0 Å². The molecule has 0 atom stereocenters. The average molecular weight is 355 g/mol. The molecule has 0 aliphatic rings. The minimum Gasteiger partial charge on any atom is -0.317 e. The maximum Gasteiger partial charge on any atom is 0.214 e. The van der Waals surface area contributed by atoms with Gasteiger partial charge in [0.15, 0.2) is 0 Å². The lowest BCUT2D eigenvalue weighted by atomic mass is 10.5. The fourth-order valence-electron chi connectivity index (χ4n) is 1.47. The molecule has 1 N–H and O–H groups in total. The predicted octanol–water partition coefficient (Wildman–Crippen LogP) is 2.27. The molecular formula is C11H19BrN2O2S2. The number of rotatable bonds is 8. The first-order valence-corrected chi connectivity index (χ1v) is 9.11. The molecule has 1 rings (SSSR count). The Morgan fingerprint density at radius 3 is 2.78 bits per heavy atom. The number of halogens is 1. The van der Waals surface area contributed by atoms with E-state index in [4.69, 9.17) is 0 Å². The van der Waals surface area contributed by atoms with Gasteiger partial charge in [-0.2, -0.15) is 4.31 Å². The van der Waals surface area contributed by atoms with Crippen LogP contribution in [0.15, 0.2) is 15.9 Å². The van der Waals surface area contributed by atoms with Gasteiger partial charge in [0.1, 0.15) is 0 Å². The van der Waals surface area contributed by atoms with Crippen LogP contribution in [0, 0.1) is 0 Å². The monoisotopic (exact) mass is 354 g/mol. The van der Waals surface area contributed by atoms with E-state index in [0.29, 0.717) is 13.0 Å². The Morgan fingerprint density at radius 1 is 1.50 bits per heavy atom. The van der Waals surface area contributed by atoms with Crippen molar-refractivity contribution < 1.29 is 8.42 Å². The van der Waals surface area contributed by atoms with Gasteiger partial charge in [-0.05, 0) is 41.5 Å². The van der Waals surface area contributed by atoms with Gasteiger partial charge in [-0.1, -0.05) is 6.92 Å². The summed E-state index contributed by atoms with van der Waals surface area (Å²) in [6.45, 7) is 4.07. The van der Waals surface area contributed by atoms with Crippen molar-refractivity contribution in [2.75, 3.05) is 25.9 Å². The number of thiophene rings is 1. The first kappa shape index (κ1) is 16.1. The highest BCUT2D eigenvalue weighted by Gasteiger charge is 2.18. The van der Waals surface area contributed by atoms with Crippen LogP contribution in [0.25, 0.3) is 0 Å². The zero-order valence-electron chi connectivity index (χ0n) is 10.6. The Kier molecular flexibility index (Phi) is 6.79. The highest BCUT2D eigenvalue weighted by molar-refractivity contribution is 9.10. The maximum absolute atomic E-state index is 12.0. The third kappa shape index (κ3) is 5.36. The quantitative estimate of drug-likeness (QED) is 0.728. The van der Waals surface area contributed by atoms with Gasteiger partial charge in [-0.15, -0.1) is 11.3 Å². The molecule has 1 aromatic heterocycles. The summed E-state index contributed by atoms with van der Waals surface area (Å²) >= 11 is 4.93. The molecule has 0 aromatic carbocycles. The number of hydrogen-bond acceptors (Lipinski definition) is 4. The topological polar surface area (TPSA) is 49.4 Å². The van der Waals surface area contributed by atoms with Crippen LogP contribution >= 0.6 is 27.3 Å². The lowest BCUT2D eigenvalue weighted by Gasteiger charge is -2.16. The Morgan fingerprint density at radius 2 is 2.22 bits per heavy atom. The van der Waals surface area contributed by atoms with Gasteiger partial charge in [0.25, 0.3) is 0 Å². The van der Waals surface area contributed by atoms with Crippen LogP contribution in [0.2, 0.25) is 0 Å². The van der Waals surface area contributed by atoms with E-state index in [0.717, 1.165) is 22.4 Å². The molecule has 0 unspecified atom stereocenters. The summed E-state index contributed by atoms with van der Waals surface area (Å²) < 4.78 is 26.4. The molecule has 104 valence electrons. The van der Waals surface area contributed by atoms with Crippen LogP contribution in [0.3, 0.4) is 0 Å². The van der Waals surface area contributed by atoms with Crippen molar-refractivity contribution in [3.8, 4) is 0 Å². The van der Waals surface area contributed by atoms with Crippen molar-refractivity contribution in [2.24, 2.45) is 0 Å². The summed E-state index contributed by atoms with van der Waals surface area (Å²) in [6.07, 6.45) is 0.647. The molecule has 0 saturated carbocycles. The van der Waals surface area contributed by atoms with Crippen molar-refractivity contribution in [3.05, 3.63) is 20.8 Å². The van der Waals surface area contributed by atoms with Crippen molar-refractivity contribution in [1.29, 1.82) is 0 Å². The summed E-state index contributed by atoms with van der Waals surface area (Å²) in [5, 5.41) is 5.08. The van der Waals surface area contributed by atoms with Crippen LogP contribution in [-0.4, -0.2) is 38.6 Å². The molecule has 4 nitrogen and oxygen atoms in total. The van der Waals surface area contributed by atoms with E-state index < -0.39 is 10.0 Å². The van der Waals surface area contributed by atoms with E-state index in [9.17, 15) is 8.42 Å². The van der Waals surface area contributed by atoms with Crippen molar-refractivity contribution in [2.45, 2.75) is 19.9 Å². The molecule has 0 aliphatic heterocycles. The third-order valence-electron chi connectivity index (χ3n) is 2.48. The summed E-state index contributed by atoms with van der Waals surface area (Å²) in [5.74, 6) is 0.197. The predicted molar refractivity (Wildman–Crippen MR) is 80.4 cm³/mol. The van der Waals surface area contributed by atoms with Gasteiger partial charge < -0.3 is 5.32 Å². The van der Waals surface area contributed by atoms with Crippen molar-refractivity contribution >= 4 is 37.3 Å². The van der Waals surface area contributed by atoms with E-state index in [1.54, 1.807) is 18.4 Å². The minimum atomic E-state index is -3.14. The average Bonchev–Trinajstić information content (AvgIpc) is 2.70. The molecule has 0 radical (unpaired) electrons. The standard InChI is InChI=1S/C11H19BrN2O2S2/c1-3-13-5-4-6-18(15,16)14(2)8-11-7-10(12)9-17-11/h7,9,13H,3-6,8H2,1-2H3. The lowest BCUT2D eigenvalue weighted by molar-refractivity contribution is 0.467. The van der Waals surface area contributed by atoms with E-state index in [1.165, 1.54) is 4.31 Å². The zero-order valence-corrected chi connectivity index (χ0v) is 13.9. The minimum absolute atomic E-state index is 0.197. The Hall–Kier alpha value is 0.0500. The highest BCUT2D eigenvalue weighted by atomic mass is 79.9. The Labute approximate surface area is 122 Å². The van der Waals surface area contributed by atoms with Gasteiger partial charge in [-0.3, -0.25) is 0 Å². The van der Waals surface area contributed by atoms with E-state index in [1.807, 2.05) is 18.4 Å². The first-order chi connectivity index (χ1) is 8.45. The molecule has 1 aromatic rings. The second-order valence-corrected chi connectivity index (χ2v) is 8.12. The maximum atomic E-state index is 12.0. The summed E-state index contributed by atoms with van der Waals surface area (Å²) in [4.78, 5) is 1.04. The number of nitrogens with zero attached hydrogens (tertiary/aromatic N) is 1. The fraction of sp³-hybridized carbons (Fsp3) is 0.636. The van der Waals surface area contributed by atoms with Crippen LogP contribution in [-0.2, 0) is 16.6 Å². The molecule has 0 fully saturated rings. The molecule has 0 amide bonds. The number of sulfonamides is 1. The molecule has 0 spiro atoms. The first-order valence-electron chi connectivity index (χ1n) is 5.83. The van der Waals surface area contributed by atoms with E-state index in [-0.39, 0.29) is 5.75 Å². The van der Waals surface area contributed by atoms with Crippen LogP contribution < -0.4 is 5.32 Å². The third-order valence-corrected chi connectivity index (χ3v) is 6.05. The molecule has 0 saturated heterocycles. The molecule has 0 aliphatic carbocycles. The summed E-state index contributed by atoms with van der Waals surface area (Å²) in [5.41, 5.74) is 0. The van der Waals surface area contributed by atoms with E-state index in [2.05, 4.69) is 21.2 Å². The smallest absolute Gasteiger partial charge is 0.214 e. The van der Waals surface area contributed by atoms with Gasteiger partial charge >= 0.3 is 0 Å². The SMILES string of the molecule is CCNCCCS(=O)(=O)N(C)Cc1cc(Br)cs1. The molecular weight excluding hydrogens is 336 g/mol. The van der Waals surface area contributed by atoms with Crippen molar-refractivity contribution in [1.82, 2.24) is 9.62 Å². The van der Waals surface area contributed by atoms with Gasteiger partial charge in [0.05, 0.1) is 5.75 Å². The van der Waals surface area contributed by atoms with Crippen molar-refractivity contribution in [3.63, 3.8) is 0 Å². The molecule has 0 bridgehead atoms. The van der Waals surface area contributed by atoms with Gasteiger partial charge in [0, 0.05) is 28.3 Å². The molecule has 1 heterocycles. The fourth-order valence-corrected chi connectivity index (χ4v) is 4.21. The lowest BCUT2D eigenvalue weighted by Crippen LogP contribution is -2.30. The Balaban J connectivity index is 2.46. The summed E-state index contributed by atoms with van der Waals surface area (Å²) in [7, 11) is -1.51. The number of hydrogen-bond donors (Lipinski definition) is 1. The molecule has 18 heavy (non-hydrogen) atoms. The normalized spacial score (nSPS) is 12.2. The second-order valence-electron chi connectivity index (χ2n) is 4.01.